The van der Waals surface area contributed by atoms with Gasteiger partial charge in [0.05, 0.1) is 0 Å². The van der Waals surface area contributed by atoms with E-state index in [-0.39, 0.29) is 0 Å². The van der Waals surface area contributed by atoms with Crippen LogP contribution in [0, 0.1) is 0 Å². The highest BCUT2D eigenvalue weighted by molar-refractivity contribution is 5.49. The van der Waals surface area contributed by atoms with Gasteiger partial charge in [0.1, 0.15) is 11.5 Å². The van der Waals surface area contributed by atoms with Crippen LogP contribution in [-0.4, -0.2) is 21.7 Å². The molecular weight excluding hydrogens is 767 g/mol. The van der Waals surface area contributed by atoms with Gasteiger partial charge in [-0.15, -0.1) is 0 Å². The summed E-state index contributed by atoms with van der Waals surface area (Å²) < 4.78 is 0. The predicted molar refractivity (Wildman–Crippen MR) is 267 cm³/mol. The van der Waals surface area contributed by atoms with Crippen molar-refractivity contribution in [3.05, 3.63) is 201 Å². The van der Waals surface area contributed by atoms with Gasteiger partial charge in [-0.2, -0.15) is 0 Å². The number of hydrogen-bond donors (Lipinski definition) is 2. The van der Waals surface area contributed by atoms with Crippen LogP contribution in [0.5, 0.6) is 11.5 Å². The second kappa shape index (κ2) is 27.2. The average Bonchev–Trinajstić information content (AvgIpc) is 3.30. The largest absolute Gasteiger partial charge is 0.507 e. The van der Waals surface area contributed by atoms with Crippen molar-refractivity contribution in [2.45, 2.75) is 148 Å². The Morgan fingerprint density at radius 2 is 0.571 bits per heavy atom. The van der Waals surface area contributed by atoms with E-state index in [2.05, 4.69) is 157 Å². The van der Waals surface area contributed by atoms with Crippen LogP contribution >= 0.6 is 0 Å². The van der Waals surface area contributed by atoms with Crippen molar-refractivity contribution in [3.8, 4) is 11.5 Å². The highest BCUT2D eigenvalue weighted by Gasteiger charge is 2.17. The molecule has 0 atom stereocenters. The molecule has 6 aromatic rings. The van der Waals surface area contributed by atoms with Crippen LogP contribution < -0.4 is 0 Å². The van der Waals surface area contributed by atoms with Gasteiger partial charge in [-0.3, -0.25) is 4.90 Å². The van der Waals surface area contributed by atoms with Crippen molar-refractivity contribution < 1.29 is 10.2 Å². The van der Waals surface area contributed by atoms with Crippen molar-refractivity contribution in [2.24, 2.45) is 0 Å². The fourth-order valence-corrected chi connectivity index (χ4v) is 9.26. The summed E-state index contributed by atoms with van der Waals surface area (Å²) in [6, 6.07) is 51.0. The summed E-state index contributed by atoms with van der Waals surface area (Å²) >= 11 is 0. The van der Waals surface area contributed by atoms with Gasteiger partial charge in [-0.05, 0) is 68.6 Å². The fourth-order valence-electron chi connectivity index (χ4n) is 9.26. The maximum absolute atomic E-state index is 11.8. The first-order valence-corrected chi connectivity index (χ1v) is 24.6. The molecule has 3 heteroatoms. The van der Waals surface area contributed by atoms with Gasteiger partial charge in [-0.1, -0.05) is 249 Å². The lowest BCUT2D eigenvalue weighted by atomic mass is 9.94. The number of benzene rings is 6. The second-order valence-electron chi connectivity index (χ2n) is 18.2. The molecule has 2 N–H and O–H groups in total. The Balaban J connectivity index is 1.17. The quantitative estimate of drug-likeness (QED) is 0.0462. The molecule has 0 fully saturated rings. The maximum Gasteiger partial charge on any atom is 0.122 e. The van der Waals surface area contributed by atoms with Crippen LogP contribution in [0.4, 0.5) is 0 Å². The molecule has 63 heavy (non-hydrogen) atoms. The normalized spacial score (nSPS) is 11.4. The molecule has 0 aliphatic rings. The molecule has 0 saturated carbocycles. The minimum atomic E-state index is 0.408. The predicted octanol–water partition coefficient (Wildman–Crippen LogP) is 15.7. The van der Waals surface area contributed by atoms with E-state index < -0.39 is 0 Å². The number of phenolic OH excluding ortho intramolecular Hbond substituents is 2. The van der Waals surface area contributed by atoms with Crippen LogP contribution in [0.3, 0.4) is 0 Å². The minimum absolute atomic E-state index is 0.408. The van der Waals surface area contributed by atoms with Gasteiger partial charge in [0.15, 0.2) is 0 Å². The lowest BCUT2D eigenvalue weighted by Gasteiger charge is -2.25. The first-order valence-electron chi connectivity index (χ1n) is 24.6. The number of phenols is 2. The smallest absolute Gasteiger partial charge is 0.122 e. The zero-order valence-electron chi connectivity index (χ0n) is 38.5. The third kappa shape index (κ3) is 16.8. The zero-order valence-corrected chi connectivity index (χ0v) is 38.5. The minimum Gasteiger partial charge on any atom is -0.507 e. The Bertz CT molecular complexity index is 1880. The first kappa shape index (κ1) is 47.4. The summed E-state index contributed by atoms with van der Waals surface area (Å²) in [7, 11) is 0. The standard InChI is InChI=1S/C60H75NO2/c1-2-3-4-5-6-7-8-9-10-11-12-13-14-15-16-29-38-61(47-53-43-55(39-49-30-21-17-22-31-49)59(62)56(44-53)40-50-32-23-18-24-33-50)48-54-45-57(41-51-34-25-19-26-35-51)60(63)58(46-54)42-52-36-27-20-28-37-52/h17-28,30-37,43-46,62-63H,2-16,29,38-42,47-48H2,1H3. The Labute approximate surface area is 381 Å². The highest BCUT2D eigenvalue weighted by Crippen LogP contribution is 2.32. The molecule has 3 nitrogen and oxygen atoms in total. The second-order valence-corrected chi connectivity index (χ2v) is 18.2. The number of hydrogen-bond acceptors (Lipinski definition) is 3. The number of unbranched alkanes of at least 4 members (excludes halogenated alkanes) is 15. The van der Waals surface area contributed by atoms with E-state index in [1.807, 2.05) is 0 Å². The molecule has 332 valence electrons. The first-order chi connectivity index (χ1) is 31.0. The number of rotatable bonds is 29. The topological polar surface area (TPSA) is 43.7 Å². The van der Waals surface area contributed by atoms with E-state index in [0.29, 0.717) is 37.2 Å². The van der Waals surface area contributed by atoms with Crippen molar-refractivity contribution >= 4 is 0 Å². The van der Waals surface area contributed by atoms with E-state index in [1.54, 1.807) is 0 Å². The highest BCUT2D eigenvalue weighted by atomic mass is 16.3. The molecule has 0 radical (unpaired) electrons. The average molecular weight is 842 g/mol. The zero-order chi connectivity index (χ0) is 43.7. The molecule has 0 amide bonds. The molecule has 0 aliphatic carbocycles. The third-order valence-electron chi connectivity index (χ3n) is 12.7. The monoisotopic (exact) mass is 842 g/mol. The summed E-state index contributed by atoms with van der Waals surface area (Å²) in [5.74, 6) is 0.816. The SMILES string of the molecule is CCCCCCCCCCCCCCCCCCN(Cc1cc(Cc2ccccc2)c(O)c(Cc2ccccc2)c1)Cc1cc(Cc2ccccc2)c(O)c(Cc2ccccc2)c1. The maximum atomic E-state index is 11.8. The Hall–Kier alpha value is -5.12. The van der Waals surface area contributed by atoms with E-state index in [0.717, 1.165) is 48.3 Å². The Morgan fingerprint density at radius 3 is 0.841 bits per heavy atom. The van der Waals surface area contributed by atoms with E-state index >= 15 is 0 Å². The van der Waals surface area contributed by atoms with Crippen molar-refractivity contribution in [1.29, 1.82) is 0 Å². The van der Waals surface area contributed by atoms with E-state index in [4.69, 9.17) is 0 Å². The van der Waals surface area contributed by atoms with Crippen LogP contribution in [0.2, 0.25) is 0 Å². The molecule has 6 aromatic carbocycles. The number of aromatic hydroxyl groups is 2. The van der Waals surface area contributed by atoms with E-state index in [1.165, 1.54) is 130 Å². The van der Waals surface area contributed by atoms with Crippen LogP contribution in [-0.2, 0) is 38.8 Å². The van der Waals surface area contributed by atoms with Gasteiger partial charge < -0.3 is 10.2 Å². The Morgan fingerprint density at radius 1 is 0.317 bits per heavy atom. The summed E-state index contributed by atoms with van der Waals surface area (Å²) in [5.41, 5.74) is 11.2. The molecular formula is C60H75NO2. The van der Waals surface area contributed by atoms with Gasteiger partial charge >= 0.3 is 0 Å². The van der Waals surface area contributed by atoms with Gasteiger partial charge in [0.2, 0.25) is 0 Å². The summed E-state index contributed by atoms with van der Waals surface area (Å²) in [4.78, 5) is 2.61. The van der Waals surface area contributed by atoms with Gasteiger partial charge in [0.25, 0.3) is 0 Å². The summed E-state index contributed by atoms with van der Waals surface area (Å²) in [6.45, 7) is 4.85. The van der Waals surface area contributed by atoms with Crippen LogP contribution in [0.15, 0.2) is 146 Å². The summed E-state index contributed by atoms with van der Waals surface area (Å²) in [5, 5.41) is 23.5. The molecule has 0 spiro atoms. The molecule has 0 saturated heterocycles. The van der Waals surface area contributed by atoms with Gasteiger partial charge in [0, 0.05) is 38.8 Å². The molecule has 6 rings (SSSR count). The Kier molecular flexibility index (Phi) is 20.4. The van der Waals surface area contributed by atoms with Crippen molar-refractivity contribution in [3.63, 3.8) is 0 Å². The fraction of sp³-hybridized carbons (Fsp3) is 0.400. The number of nitrogens with zero attached hydrogens (tertiary/aromatic N) is 1. The van der Waals surface area contributed by atoms with Crippen molar-refractivity contribution in [2.75, 3.05) is 6.54 Å². The lowest BCUT2D eigenvalue weighted by molar-refractivity contribution is 0.249. The molecule has 0 heterocycles. The molecule has 0 unspecified atom stereocenters. The summed E-state index contributed by atoms with van der Waals surface area (Å²) in [6.07, 6.45) is 24.5. The lowest BCUT2D eigenvalue weighted by Crippen LogP contribution is -2.24. The third-order valence-corrected chi connectivity index (χ3v) is 12.7. The molecule has 0 aromatic heterocycles. The van der Waals surface area contributed by atoms with Crippen molar-refractivity contribution in [1.82, 2.24) is 4.90 Å². The van der Waals surface area contributed by atoms with Crippen LogP contribution in [0.1, 0.15) is 165 Å². The van der Waals surface area contributed by atoms with E-state index in [9.17, 15) is 10.2 Å². The molecule has 0 aliphatic heterocycles. The van der Waals surface area contributed by atoms with Gasteiger partial charge in [-0.25, -0.2) is 0 Å². The molecule has 0 bridgehead atoms. The van der Waals surface area contributed by atoms with Crippen LogP contribution in [0.25, 0.3) is 0 Å².